The van der Waals surface area contributed by atoms with E-state index in [-0.39, 0.29) is 0 Å². The Balaban J connectivity index is 3.29. The highest BCUT2D eigenvalue weighted by Crippen LogP contribution is 2.45. The van der Waals surface area contributed by atoms with Gasteiger partial charge in [0.2, 0.25) is 0 Å². The minimum atomic E-state index is -6.40. The molecule has 0 saturated heterocycles. The molecule has 118 valence electrons. The summed E-state index contributed by atoms with van der Waals surface area (Å²) < 4.78 is 111. The van der Waals surface area contributed by atoms with E-state index in [9.17, 15) is 39.2 Å². The second-order valence-corrected chi connectivity index (χ2v) is 5.36. The van der Waals surface area contributed by atoms with Crippen LogP contribution in [0, 0.1) is 0 Å². The van der Waals surface area contributed by atoms with Crippen LogP contribution in [0.25, 0.3) is 0 Å². The predicted molar refractivity (Wildman–Crippen MR) is 58.1 cm³/mol. The molecule has 1 aromatic rings. The Morgan fingerprint density at radius 2 is 1.29 bits per heavy atom. The summed E-state index contributed by atoms with van der Waals surface area (Å²) in [5.74, 6) is 0. The van der Waals surface area contributed by atoms with Gasteiger partial charge in [-0.05, 0) is 12.1 Å². The number of benzene rings is 1. The maximum atomic E-state index is 13.2. The van der Waals surface area contributed by atoms with Gasteiger partial charge < -0.3 is 0 Å². The molecular weight excluding hydrogens is 331 g/mol. The van der Waals surface area contributed by atoms with Crippen molar-refractivity contribution in [2.45, 2.75) is 22.9 Å². The molecule has 3 nitrogen and oxygen atoms in total. The fourth-order valence-corrected chi connectivity index (χ4v) is 2.01. The average Bonchev–Trinajstić information content (AvgIpc) is 2.34. The molecule has 0 bridgehead atoms. The highest BCUT2D eigenvalue weighted by Gasteiger charge is 2.72. The van der Waals surface area contributed by atoms with Crippen LogP contribution in [-0.2, 0) is 10.0 Å². The minimum absolute atomic E-state index is 0.673. The van der Waals surface area contributed by atoms with Crippen molar-refractivity contribution in [1.29, 1.82) is 0 Å². The van der Waals surface area contributed by atoms with E-state index in [2.05, 4.69) is 4.40 Å². The standard InChI is InChI=1S/C10H6F7NO2S/c11-8(9(12,13)14,10(15,16)17)6-18-21(19,20)7-4-2-1-3-5-7/h1-6H. The third-order valence-electron chi connectivity index (χ3n) is 2.24. The smallest absolute Gasteiger partial charge is 0.217 e. The van der Waals surface area contributed by atoms with Crippen molar-refractivity contribution in [3.8, 4) is 0 Å². The van der Waals surface area contributed by atoms with Gasteiger partial charge in [-0.3, -0.25) is 0 Å². The van der Waals surface area contributed by atoms with E-state index in [1.165, 1.54) is 18.2 Å². The van der Waals surface area contributed by atoms with Crippen LogP contribution < -0.4 is 0 Å². The first-order chi connectivity index (χ1) is 9.31. The summed E-state index contributed by atoms with van der Waals surface area (Å²) in [5, 5.41) is 0. The molecule has 0 aromatic heterocycles. The predicted octanol–water partition coefficient (Wildman–Crippen LogP) is 3.28. The van der Waals surface area contributed by atoms with Crippen molar-refractivity contribution >= 4 is 16.2 Å². The van der Waals surface area contributed by atoms with E-state index in [1.54, 1.807) is 0 Å². The molecule has 1 rings (SSSR count). The number of sulfonamides is 1. The van der Waals surface area contributed by atoms with E-state index in [4.69, 9.17) is 0 Å². The second kappa shape index (κ2) is 5.28. The molecule has 0 saturated carbocycles. The van der Waals surface area contributed by atoms with E-state index >= 15 is 0 Å². The molecule has 0 aliphatic rings. The quantitative estimate of drug-likeness (QED) is 0.628. The van der Waals surface area contributed by atoms with Gasteiger partial charge in [0.1, 0.15) is 0 Å². The van der Waals surface area contributed by atoms with Crippen LogP contribution in [0.2, 0.25) is 0 Å². The van der Waals surface area contributed by atoms with Crippen molar-refractivity contribution in [2.75, 3.05) is 0 Å². The first-order valence-corrected chi connectivity index (χ1v) is 6.44. The molecule has 1 aromatic carbocycles. The average molecular weight is 337 g/mol. The van der Waals surface area contributed by atoms with Gasteiger partial charge in [-0.15, -0.1) is 0 Å². The van der Waals surface area contributed by atoms with Crippen molar-refractivity contribution in [3.63, 3.8) is 0 Å². The number of alkyl halides is 7. The zero-order valence-electron chi connectivity index (χ0n) is 9.78. The van der Waals surface area contributed by atoms with Crippen molar-refractivity contribution in [3.05, 3.63) is 30.3 Å². The lowest BCUT2D eigenvalue weighted by Gasteiger charge is -2.25. The lowest BCUT2D eigenvalue weighted by molar-refractivity contribution is -0.311. The number of nitrogens with zero attached hydrogens (tertiary/aromatic N) is 1. The van der Waals surface area contributed by atoms with Crippen LogP contribution in [0.1, 0.15) is 0 Å². The fourth-order valence-electron chi connectivity index (χ4n) is 1.10. The summed E-state index contributed by atoms with van der Waals surface area (Å²) in [6, 6.07) is 5.45. The molecule has 0 fully saturated rings. The highest BCUT2D eigenvalue weighted by atomic mass is 32.2. The Morgan fingerprint density at radius 1 is 0.857 bits per heavy atom. The van der Waals surface area contributed by atoms with Gasteiger partial charge >= 0.3 is 18.0 Å². The van der Waals surface area contributed by atoms with E-state index in [0.717, 1.165) is 12.1 Å². The maximum absolute atomic E-state index is 13.2. The number of hydrogen-bond acceptors (Lipinski definition) is 2. The molecule has 21 heavy (non-hydrogen) atoms. The van der Waals surface area contributed by atoms with Crippen LogP contribution in [0.4, 0.5) is 30.7 Å². The number of hydrogen-bond donors (Lipinski definition) is 0. The molecule has 0 heterocycles. The summed E-state index contributed by atoms with van der Waals surface area (Å²) in [6.07, 6.45) is -14.1. The summed E-state index contributed by atoms with van der Waals surface area (Å²) in [6.45, 7) is 0. The molecule has 0 aliphatic heterocycles. The van der Waals surface area contributed by atoms with E-state index in [0.29, 0.717) is 0 Å². The van der Waals surface area contributed by atoms with Gasteiger partial charge in [-0.25, -0.2) is 4.39 Å². The molecule has 0 aliphatic carbocycles. The lowest BCUT2D eigenvalue weighted by Crippen LogP contribution is -2.54. The van der Waals surface area contributed by atoms with Gasteiger partial charge in [-0.2, -0.15) is 39.2 Å². The molecule has 0 radical (unpaired) electrons. The Labute approximate surface area is 114 Å². The van der Waals surface area contributed by atoms with Crippen molar-refractivity contribution in [2.24, 2.45) is 4.40 Å². The third kappa shape index (κ3) is 3.52. The molecule has 0 atom stereocenters. The number of halogens is 7. The fraction of sp³-hybridized carbons (Fsp3) is 0.300. The molecular formula is C10H6F7NO2S. The summed E-state index contributed by atoms with van der Waals surface area (Å²) in [4.78, 5) is -0.673. The Hall–Kier alpha value is -1.65. The number of rotatable bonds is 3. The molecule has 0 spiro atoms. The highest BCUT2D eigenvalue weighted by molar-refractivity contribution is 7.90. The van der Waals surface area contributed by atoms with E-state index in [1.807, 2.05) is 0 Å². The normalized spacial score (nSPS) is 14.6. The van der Waals surface area contributed by atoms with Gasteiger partial charge in [-0.1, -0.05) is 18.2 Å². The van der Waals surface area contributed by atoms with Crippen LogP contribution >= 0.6 is 0 Å². The minimum Gasteiger partial charge on any atom is -0.217 e. The van der Waals surface area contributed by atoms with Crippen LogP contribution in [0.15, 0.2) is 39.6 Å². The zero-order valence-corrected chi connectivity index (χ0v) is 10.6. The van der Waals surface area contributed by atoms with Gasteiger partial charge in [0, 0.05) is 0 Å². The summed E-state index contributed by atoms with van der Waals surface area (Å²) >= 11 is 0. The first-order valence-electron chi connectivity index (χ1n) is 5.00. The summed E-state index contributed by atoms with van der Waals surface area (Å²) in [5.41, 5.74) is -5.86. The largest absolute Gasteiger partial charge is 0.436 e. The van der Waals surface area contributed by atoms with Crippen molar-refractivity contribution in [1.82, 2.24) is 0 Å². The lowest BCUT2D eigenvalue weighted by atomic mass is 10.1. The SMILES string of the molecule is O=S(=O)(N=CC(F)(C(F)(F)F)C(F)(F)F)c1ccccc1. The van der Waals surface area contributed by atoms with Crippen molar-refractivity contribution < 1.29 is 39.2 Å². The maximum Gasteiger partial charge on any atom is 0.436 e. The van der Waals surface area contributed by atoms with E-state index < -0.39 is 39.2 Å². The monoisotopic (exact) mass is 337 g/mol. The van der Waals surface area contributed by atoms with Gasteiger partial charge in [0.05, 0.1) is 11.1 Å². The van der Waals surface area contributed by atoms with Crippen LogP contribution in [-0.4, -0.2) is 32.7 Å². The Kier molecular flexibility index (Phi) is 4.37. The second-order valence-electron chi connectivity index (χ2n) is 3.73. The zero-order chi connectivity index (χ0) is 16.5. The van der Waals surface area contributed by atoms with Gasteiger partial charge in [0.15, 0.2) is 0 Å². The molecule has 11 heteroatoms. The first kappa shape index (κ1) is 17.4. The van der Waals surface area contributed by atoms with Gasteiger partial charge in [0.25, 0.3) is 10.0 Å². The Morgan fingerprint density at radius 3 is 1.67 bits per heavy atom. The summed E-state index contributed by atoms with van der Waals surface area (Å²) in [7, 11) is -4.88. The Bertz CT molecular complexity index is 605. The molecule has 0 unspecified atom stereocenters. The molecule has 0 N–H and O–H groups in total. The molecule has 0 amide bonds. The van der Waals surface area contributed by atoms with Crippen LogP contribution in [0.3, 0.4) is 0 Å². The third-order valence-corrected chi connectivity index (χ3v) is 3.49. The van der Waals surface area contributed by atoms with Crippen LogP contribution in [0.5, 0.6) is 0 Å². The topological polar surface area (TPSA) is 46.5 Å².